The van der Waals surface area contributed by atoms with E-state index in [1.165, 1.54) is 31.6 Å². The molecule has 0 spiro atoms. The third-order valence-corrected chi connectivity index (χ3v) is 4.40. The lowest BCUT2D eigenvalue weighted by atomic mass is 10.3. The molecule has 0 atom stereocenters. The first-order chi connectivity index (χ1) is 9.03. The average Bonchev–Trinajstić information content (AvgIpc) is 2.41. The second-order valence-corrected chi connectivity index (χ2v) is 6.17. The van der Waals surface area contributed by atoms with Crippen molar-refractivity contribution in [3.05, 3.63) is 47.2 Å². The highest BCUT2D eigenvalue weighted by atomic mass is 79.9. The van der Waals surface area contributed by atoms with E-state index in [0.29, 0.717) is 15.9 Å². The molecule has 1 aromatic heterocycles. The van der Waals surface area contributed by atoms with Crippen LogP contribution < -0.4 is 9.46 Å². The van der Waals surface area contributed by atoms with Crippen LogP contribution in [0.3, 0.4) is 0 Å². The van der Waals surface area contributed by atoms with Crippen LogP contribution in [0.25, 0.3) is 0 Å². The van der Waals surface area contributed by atoms with Crippen LogP contribution in [0.1, 0.15) is 0 Å². The van der Waals surface area contributed by atoms with Crippen LogP contribution in [-0.2, 0) is 10.0 Å². The summed E-state index contributed by atoms with van der Waals surface area (Å²) in [4.78, 5) is 4.04. The van der Waals surface area contributed by atoms with E-state index in [9.17, 15) is 8.42 Å². The summed E-state index contributed by atoms with van der Waals surface area (Å²) in [5, 5.41) is 0. The lowest BCUT2D eigenvalue weighted by Crippen LogP contribution is -2.13. The monoisotopic (exact) mass is 342 g/mol. The highest BCUT2D eigenvalue weighted by Crippen LogP contribution is 2.24. The number of pyridine rings is 1. The largest absolute Gasteiger partial charge is 0.497 e. The molecule has 100 valence electrons. The molecule has 1 aromatic carbocycles. The van der Waals surface area contributed by atoms with E-state index in [4.69, 9.17) is 4.74 Å². The van der Waals surface area contributed by atoms with Gasteiger partial charge in [0.05, 0.1) is 22.2 Å². The number of rotatable bonds is 4. The molecule has 0 saturated heterocycles. The van der Waals surface area contributed by atoms with Gasteiger partial charge < -0.3 is 4.74 Å². The molecule has 0 saturated carbocycles. The quantitative estimate of drug-likeness (QED) is 0.927. The van der Waals surface area contributed by atoms with Crippen LogP contribution in [0.4, 0.5) is 5.69 Å². The Morgan fingerprint density at radius 2 is 1.89 bits per heavy atom. The molecular formula is C12H11BrN2O3S. The first-order valence-electron chi connectivity index (χ1n) is 5.29. The minimum Gasteiger partial charge on any atom is -0.497 e. The number of hydrogen-bond donors (Lipinski definition) is 1. The smallest absolute Gasteiger partial charge is 0.261 e. The fraction of sp³-hybridized carbons (Fsp3) is 0.0833. The predicted octanol–water partition coefficient (Wildman–Crippen LogP) is 2.65. The van der Waals surface area contributed by atoms with Crippen molar-refractivity contribution in [3.63, 3.8) is 0 Å². The molecular weight excluding hydrogens is 332 g/mol. The van der Waals surface area contributed by atoms with E-state index >= 15 is 0 Å². The van der Waals surface area contributed by atoms with Gasteiger partial charge in [0, 0.05) is 12.4 Å². The molecule has 2 rings (SSSR count). The SMILES string of the molecule is COc1ccc(S(=O)(=O)Nc2ccncc2Br)cc1. The van der Waals surface area contributed by atoms with Gasteiger partial charge in [-0.3, -0.25) is 9.71 Å². The molecule has 7 heteroatoms. The molecule has 0 amide bonds. The number of ether oxygens (including phenoxy) is 1. The Hall–Kier alpha value is -1.60. The number of benzene rings is 1. The standard InChI is InChI=1S/C12H11BrN2O3S/c1-18-9-2-4-10(5-3-9)19(16,17)15-12-6-7-14-8-11(12)13/h2-8H,1H3,(H,14,15). The summed E-state index contributed by atoms with van der Waals surface area (Å²) in [6, 6.07) is 7.73. The molecule has 0 bridgehead atoms. The van der Waals surface area contributed by atoms with E-state index in [0.717, 1.165) is 0 Å². The van der Waals surface area contributed by atoms with Gasteiger partial charge >= 0.3 is 0 Å². The van der Waals surface area contributed by atoms with Gasteiger partial charge in [0.15, 0.2) is 0 Å². The zero-order chi connectivity index (χ0) is 13.9. The molecule has 0 aliphatic heterocycles. The number of nitrogens with one attached hydrogen (secondary N) is 1. The van der Waals surface area contributed by atoms with E-state index in [1.807, 2.05) is 0 Å². The highest BCUT2D eigenvalue weighted by Gasteiger charge is 2.15. The third-order valence-electron chi connectivity index (χ3n) is 2.39. The maximum Gasteiger partial charge on any atom is 0.261 e. The molecule has 2 aromatic rings. The topological polar surface area (TPSA) is 68.3 Å². The lowest BCUT2D eigenvalue weighted by molar-refractivity contribution is 0.414. The van der Waals surface area contributed by atoms with Crippen molar-refractivity contribution >= 4 is 31.6 Å². The summed E-state index contributed by atoms with van der Waals surface area (Å²) in [6.45, 7) is 0. The van der Waals surface area contributed by atoms with Crippen LogP contribution in [0.15, 0.2) is 52.1 Å². The van der Waals surface area contributed by atoms with Gasteiger partial charge in [-0.2, -0.15) is 0 Å². The number of halogens is 1. The Kier molecular flexibility index (Phi) is 4.06. The summed E-state index contributed by atoms with van der Waals surface area (Å²) < 4.78 is 32.4. The molecule has 1 N–H and O–H groups in total. The van der Waals surface area contributed by atoms with E-state index in [1.54, 1.807) is 18.2 Å². The van der Waals surface area contributed by atoms with Crippen LogP contribution in [0, 0.1) is 0 Å². The van der Waals surface area contributed by atoms with Crippen molar-refractivity contribution in [2.75, 3.05) is 11.8 Å². The van der Waals surface area contributed by atoms with Gasteiger partial charge in [-0.1, -0.05) is 0 Å². The minimum atomic E-state index is -3.62. The van der Waals surface area contributed by atoms with Crippen molar-refractivity contribution in [1.82, 2.24) is 4.98 Å². The normalized spacial score (nSPS) is 11.1. The van der Waals surface area contributed by atoms with Gasteiger partial charge in [-0.05, 0) is 46.3 Å². The fourth-order valence-corrected chi connectivity index (χ4v) is 2.98. The number of anilines is 1. The van der Waals surface area contributed by atoms with Crippen molar-refractivity contribution < 1.29 is 13.2 Å². The summed E-state index contributed by atoms with van der Waals surface area (Å²) in [5.41, 5.74) is 0.436. The summed E-state index contributed by atoms with van der Waals surface area (Å²) in [7, 11) is -2.10. The summed E-state index contributed by atoms with van der Waals surface area (Å²) in [5.74, 6) is 0.601. The Balaban J connectivity index is 2.30. The minimum absolute atomic E-state index is 0.164. The molecule has 0 aliphatic carbocycles. The lowest BCUT2D eigenvalue weighted by Gasteiger charge is -2.09. The van der Waals surface area contributed by atoms with E-state index in [2.05, 4.69) is 25.6 Å². The average molecular weight is 343 g/mol. The summed E-state index contributed by atoms with van der Waals surface area (Å²) >= 11 is 3.23. The van der Waals surface area contributed by atoms with Crippen molar-refractivity contribution in [3.8, 4) is 5.75 Å². The number of hydrogen-bond acceptors (Lipinski definition) is 4. The summed E-state index contributed by atoms with van der Waals surface area (Å²) in [6.07, 6.45) is 3.03. The molecule has 19 heavy (non-hydrogen) atoms. The Morgan fingerprint density at radius 1 is 1.21 bits per heavy atom. The Labute approximate surface area is 119 Å². The Bertz CT molecular complexity index is 672. The van der Waals surface area contributed by atoms with Crippen LogP contribution >= 0.6 is 15.9 Å². The first-order valence-corrected chi connectivity index (χ1v) is 7.57. The van der Waals surface area contributed by atoms with E-state index < -0.39 is 10.0 Å². The maximum atomic E-state index is 12.2. The van der Waals surface area contributed by atoms with Crippen molar-refractivity contribution in [1.29, 1.82) is 0 Å². The molecule has 1 heterocycles. The number of nitrogens with zero attached hydrogens (tertiary/aromatic N) is 1. The van der Waals surface area contributed by atoms with Crippen LogP contribution in [0.2, 0.25) is 0 Å². The second kappa shape index (κ2) is 5.58. The molecule has 0 aliphatic rings. The first kappa shape index (κ1) is 13.8. The van der Waals surface area contributed by atoms with Gasteiger partial charge in [0.2, 0.25) is 0 Å². The molecule has 0 radical (unpaired) electrons. The van der Waals surface area contributed by atoms with Crippen LogP contribution in [-0.4, -0.2) is 20.5 Å². The molecule has 0 fully saturated rings. The molecule has 0 unspecified atom stereocenters. The Morgan fingerprint density at radius 3 is 2.47 bits per heavy atom. The second-order valence-electron chi connectivity index (χ2n) is 3.64. The van der Waals surface area contributed by atoms with Gasteiger partial charge in [-0.15, -0.1) is 0 Å². The zero-order valence-electron chi connectivity index (χ0n) is 10.00. The predicted molar refractivity (Wildman–Crippen MR) is 75.7 cm³/mol. The van der Waals surface area contributed by atoms with Crippen molar-refractivity contribution in [2.45, 2.75) is 4.90 Å². The highest BCUT2D eigenvalue weighted by molar-refractivity contribution is 9.10. The maximum absolute atomic E-state index is 12.2. The zero-order valence-corrected chi connectivity index (χ0v) is 12.4. The molecule has 5 nitrogen and oxygen atoms in total. The van der Waals surface area contributed by atoms with Crippen LogP contribution in [0.5, 0.6) is 5.75 Å². The number of methoxy groups -OCH3 is 1. The third kappa shape index (κ3) is 3.24. The van der Waals surface area contributed by atoms with Gasteiger partial charge in [0.25, 0.3) is 10.0 Å². The van der Waals surface area contributed by atoms with Gasteiger partial charge in [-0.25, -0.2) is 8.42 Å². The fourth-order valence-electron chi connectivity index (χ4n) is 1.42. The van der Waals surface area contributed by atoms with E-state index in [-0.39, 0.29) is 4.90 Å². The van der Waals surface area contributed by atoms with Crippen molar-refractivity contribution in [2.24, 2.45) is 0 Å². The number of aromatic nitrogens is 1. The van der Waals surface area contributed by atoms with Gasteiger partial charge in [0.1, 0.15) is 5.75 Å². The number of sulfonamides is 1.